The number of nitrogen functional groups attached to an aromatic ring is 2. The number of hydrogen-bond donors (Lipinski definition) is 2. The smallest absolute Gasteiger partial charge is 0.384 e. The number of hydrogen-bond acceptors (Lipinski definition) is 4. The number of rotatable bonds is 1. The Balaban J connectivity index is 2.64. The molecule has 2 rings (SSSR count). The van der Waals surface area contributed by atoms with Crippen molar-refractivity contribution in [3.63, 3.8) is 0 Å². The van der Waals surface area contributed by atoms with Crippen LogP contribution < -0.4 is 11.5 Å². The van der Waals surface area contributed by atoms with E-state index in [1.165, 1.54) is 24.3 Å². The normalized spacial score (nSPS) is 11.5. The number of nitrogens with two attached hydrogens (primary N) is 2. The fourth-order valence-corrected chi connectivity index (χ4v) is 1.58. The highest BCUT2D eigenvalue weighted by atomic mass is 19.4. The molecule has 4 N–H and O–H groups in total. The Bertz CT molecular complexity index is 560. The predicted octanol–water partition coefficient (Wildman–Crippen LogP) is 2.33. The average molecular weight is 254 g/mol. The van der Waals surface area contributed by atoms with Crippen LogP contribution >= 0.6 is 0 Å². The van der Waals surface area contributed by atoms with E-state index in [1.807, 2.05) is 0 Å². The van der Waals surface area contributed by atoms with Gasteiger partial charge < -0.3 is 11.5 Å². The van der Waals surface area contributed by atoms with E-state index < -0.39 is 11.7 Å². The van der Waals surface area contributed by atoms with Gasteiger partial charge in [0, 0.05) is 11.6 Å². The lowest BCUT2D eigenvalue weighted by Crippen LogP contribution is -2.08. The molecule has 0 saturated heterocycles. The first-order chi connectivity index (χ1) is 8.38. The molecule has 2 aromatic rings. The lowest BCUT2D eigenvalue weighted by molar-refractivity contribution is -0.137. The second-order valence-corrected chi connectivity index (χ2v) is 3.58. The van der Waals surface area contributed by atoms with Crippen molar-refractivity contribution in [2.45, 2.75) is 6.18 Å². The maximum atomic E-state index is 12.8. The van der Waals surface area contributed by atoms with E-state index in [9.17, 15) is 13.2 Å². The topological polar surface area (TPSA) is 77.8 Å². The molecule has 18 heavy (non-hydrogen) atoms. The van der Waals surface area contributed by atoms with Crippen molar-refractivity contribution in [2.75, 3.05) is 11.5 Å². The highest BCUT2D eigenvalue weighted by Crippen LogP contribution is 2.36. The van der Waals surface area contributed by atoms with Crippen LogP contribution in [0.1, 0.15) is 5.56 Å². The van der Waals surface area contributed by atoms with Crippen LogP contribution in [0.15, 0.2) is 30.3 Å². The van der Waals surface area contributed by atoms with Crippen molar-refractivity contribution in [1.82, 2.24) is 9.97 Å². The fraction of sp³-hybridized carbons (Fsp3) is 0.0909. The van der Waals surface area contributed by atoms with Gasteiger partial charge in [-0.2, -0.15) is 18.2 Å². The molecule has 1 aromatic carbocycles. The molecule has 4 nitrogen and oxygen atoms in total. The van der Waals surface area contributed by atoms with E-state index in [0.29, 0.717) is 0 Å². The minimum absolute atomic E-state index is 0.0227. The van der Waals surface area contributed by atoms with Crippen molar-refractivity contribution >= 4 is 11.8 Å². The molecule has 7 heteroatoms. The molecule has 0 unspecified atom stereocenters. The molecule has 0 amide bonds. The van der Waals surface area contributed by atoms with Crippen LogP contribution in [0.4, 0.5) is 24.9 Å². The van der Waals surface area contributed by atoms with Gasteiger partial charge in [-0.15, -0.1) is 0 Å². The first-order valence-electron chi connectivity index (χ1n) is 4.94. The van der Waals surface area contributed by atoms with Crippen molar-refractivity contribution in [3.05, 3.63) is 35.9 Å². The number of anilines is 2. The highest BCUT2D eigenvalue weighted by molar-refractivity contribution is 5.67. The van der Waals surface area contributed by atoms with Crippen LogP contribution in [-0.2, 0) is 6.18 Å². The lowest BCUT2D eigenvalue weighted by Gasteiger charge is -2.12. The van der Waals surface area contributed by atoms with Crippen molar-refractivity contribution < 1.29 is 13.2 Å². The second-order valence-electron chi connectivity index (χ2n) is 3.58. The van der Waals surface area contributed by atoms with Crippen LogP contribution in [0.3, 0.4) is 0 Å². The summed E-state index contributed by atoms with van der Waals surface area (Å²) in [6.45, 7) is 0. The van der Waals surface area contributed by atoms with E-state index >= 15 is 0 Å². The maximum absolute atomic E-state index is 12.8. The van der Waals surface area contributed by atoms with Gasteiger partial charge in [-0.25, -0.2) is 4.98 Å². The third-order valence-corrected chi connectivity index (χ3v) is 2.27. The Kier molecular flexibility index (Phi) is 2.82. The van der Waals surface area contributed by atoms with E-state index in [2.05, 4.69) is 9.97 Å². The third-order valence-electron chi connectivity index (χ3n) is 2.27. The zero-order chi connectivity index (χ0) is 13.3. The Morgan fingerprint density at radius 1 is 1.00 bits per heavy atom. The predicted molar refractivity (Wildman–Crippen MR) is 61.3 cm³/mol. The van der Waals surface area contributed by atoms with Gasteiger partial charge in [0.25, 0.3) is 0 Å². The minimum atomic E-state index is -4.47. The van der Waals surface area contributed by atoms with Crippen LogP contribution in [0, 0.1) is 0 Å². The monoisotopic (exact) mass is 254 g/mol. The number of nitrogens with zero attached hydrogens (tertiary/aromatic N) is 2. The summed E-state index contributed by atoms with van der Waals surface area (Å²) in [5.41, 5.74) is 10.00. The van der Waals surface area contributed by atoms with Gasteiger partial charge in [-0.3, -0.25) is 0 Å². The van der Waals surface area contributed by atoms with Crippen LogP contribution in [-0.4, -0.2) is 9.97 Å². The Morgan fingerprint density at radius 3 is 2.28 bits per heavy atom. The molecule has 0 aliphatic carbocycles. The zero-order valence-electron chi connectivity index (χ0n) is 9.07. The van der Waals surface area contributed by atoms with Crippen LogP contribution in [0.25, 0.3) is 11.3 Å². The van der Waals surface area contributed by atoms with Gasteiger partial charge in [-0.05, 0) is 6.07 Å². The van der Waals surface area contributed by atoms with Crippen LogP contribution in [0.2, 0.25) is 0 Å². The summed E-state index contributed by atoms with van der Waals surface area (Å²) in [5.74, 6) is -0.142. The van der Waals surface area contributed by atoms with Crippen molar-refractivity contribution in [3.8, 4) is 11.3 Å². The molecule has 1 aromatic heterocycles. The Labute approximate surface area is 100 Å². The molecular formula is C11H9F3N4. The first kappa shape index (κ1) is 12.2. The molecule has 0 aliphatic rings. The SMILES string of the molecule is Nc1cc(-c2ccccc2C(F)(F)F)nc(N)n1. The quantitative estimate of drug-likeness (QED) is 0.818. The van der Waals surface area contributed by atoms with E-state index in [0.717, 1.165) is 6.07 Å². The number of aromatic nitrogens is 2. The van der Waals surface area contributed by atoms with Crippen molar-refractivity contribution in [1.29, 1.82) is 0 Å². The summed E-state index contributed by atoms with van der Waals surface area (Å²) in [6.07, 6.45) is -4.47. The molecule has 0 radical (unpaired) electrons. The molecule has 0 fully saturated rings. The second kappa shape index (κ2) is 4.17. The lowest BCUT2D eigenvalue weighted by atomic mass is 10.0. The molecule has 0 aliphatic heterocycles. The van der Waals surface area contributed by atoms with Gasteiger partial charge in [-0.1, -0.05) is 18.2 Å². The highest BCUT2D eigenvalue weighted by Gasteiger charge is 2.33. The summed E-state index contributed by atoms with van der Waals surface area (Å²) in [4.78, 5) is 7.38. The minimum Gasteiger partial charge on any atom is -0.384 e. The van der Waals surface area contributed by atoms with Gasteiger partial charge in [0.2, 0.25) is 5.95 Å². The summed E-state index contributed by atoms with van der Waals surface area (Å²) in [6, 6.07) is 6.33. The Morgan fingerprint density at radius 2 is 1.67 bits per heavy atom. The van der Waals surface area contributed by atoms with Gasteiger partial charge in [0.05, 0.1) is 11.3 Å². The fourth-order valence-electron chi connectivity index (χ4n) is 1.58. The summed E-state index contributed by atoms with van der Waals surface area (Å²) >= 11 is 0. The van der Waals surface area contributed by atoms with E-state index in [1.54, 1.807) is 0 Å². The zero-order valence-corrected chi connectivity index (χ0v) is 9.07. The number of alkyl halides is 3. The third kappa shape index (κ3) is 2.34. The summed E-state index contributed by atoms with van der Waals surface area (Å²) in [5, 5.41) is 0. The molecule has 0 bridgehead atoms. The molecule has 0 spiro atoms. The van der Waals surface area contributed by atoms with Gasteiger partial charge in [0.15, 0.2) is 0 Å². The molecule has 94 valence electrons. The largest absolute Gasteiger partial charge is 0.417 e. The summed E-state index contributed by atoms with van der Waals surface area (Å²) in [7, 11) is 0. The number of benzene rings is 1. The summed E-state index contributed by atoms with van der Waals surface area (Å²) < 4.78 is 38.5. The van der Waals surface area contributed by atoms with E-state index in [4.69, 9.17) is 11.5 Å². The van der Waals surface area contributed by atoms with Crippen LogP contribution in [0.5, 0.6) is 0 Å². The molecule has 0 saturated carbocycles. The molecule has 0 atom stereocenters. The van der Waals surface area contributed by atoms with Crippen molar-refractivity contribution in [2.24, 2.45) is 0 Å². The average Bonchev–Trinajstić information content (AvgIpc) is 2.26. The molecular weight excluding hydrogens is 245 g/mol. The standard InChI is InChI=1S/C11H9F3N4/c12-11(13,14)7-4-2-1-3-6(7)8-5-9(15)18-10(16)17-8/h1-5H,(H4,15,16,17,18). The van der Waals surface area contributed by atoms with E-state index in [-0.39, 0.29) is 23.0 Å². The number of halogens is 3. The first-order valence-corrected chi connectivity index (χ1v) is 4.94. The molecule has 1 heterocycles. The maximum Gasteiger partial charge on any atom is 0.417 e. The van der Waals surface area contributed by atoms with Gasteiger partial charge >= 0.3 is 6.18 Å². The Hall–Kier alpha value is -2.31. The van der Waals surface area contributed by atoms with Gasteiger partial charge in [0.1, 0.15) is 5.82 Å².